The molecule has 0 spiro atoms. The Morgan fingerprint density at radius 1 is 1.04 bits per heavy atom. The Bertz CT molecular complexity index is 869. The molecule has 2 rings (SSSR count). The standard InChI is InChI=1S/C18H17BrF3N3O2/c1-10-7-12(19)3-5-15(10)25-17(27)9-23-16-6-4-13(24-11(2)26)8-14(16)18(20,21)22/h3-8,23H,9H2,1-2H3,(H,24,26)(H,25,27). The van der Waals surface area contributed by atoms with Crippen LogP contribution in [-0.4, -0.2) is 18.4 Å². The highest BCUT2D eigenvalue weighted by Gasteiger charge is 2.34. The number of hydrogen-bond donors (Lipinski definition) is 3. The first-order chi connectivity index (χ1) is 12.6. The Hall–Kier alpha value is -2.55. The van der Waals surface area contributed by atoms with Gasteiger partial charge in [0, 0.05) is 28.5 Å². The molecule has 0 aliphatic carbocycles. The van der Waals surface area contributed by atoms with Crippen LogP contribution in [-0.2, 0) is 15.8 Å². The number of halogens is 4. The van der Waals surface area contributed by atoms with E-state index in [1.54, 1.807) is 19.1 Å². The molecule has 0 heterocycles. The van der Waals surface area contributed by atoms with Crippen LogP contribution in [0.15, 0.2) is 40.9 Å². The Kier molecular flexibility index (Phi) is 6.48. The number of carbonyl (C=O) groups excluding carboxylic acids is 2. The zero-order valence-corrected chi connectivity index (χ0v) is 16.1. The second-order valence-electron chi connectivity index (χ2n) is 5.80. The number of aryl methyl sites for hydroxylation is 1. The van der Waals surface area contributed by atoms with Crippen LogP contribution < -0.4 is 16.0 Å². The number of rotatable bonds is 5. The molecule has 0 saturated heterocycles. The van der Waals surface area contributed by atoms with Crippen molar-refractivity contribution in [1.82, 2.24) is 0 Å². The van der Waals surface area contributed by atoms with Gasteiger partial charge in [-0.1, -0.05) is 15.9 Å². The molecular weight excluding hydrogens is 427 g/mol. The minimum absolute atomic E-state index is 0.0234. The lowest BCUT2D eigenvalue weighted by Gasteiger charge is -2.16. The van der Waals surface area contributed by atoms with Crippen molar-refractivity contribution < 1.29 is 22.8 Å². The highest BCUT2D eigenvalue weighted by Crippen LogP contribution is 2.36. The van der Waals surface area contributed by atoms with Crippen molar-refractivity contribution in [2.45, 2.75) is 20.0 Å². The number of anilines is 3. The summed E-state index contributed by atoms with van der Waals surface area (Å²) in [6.45, 7) is 2.66. The summed E-state index contributed by atoms with van der Waals surface area (Å²) in [4.78, 5) is 23.1. The topological polar surface area (TPSA) is 70.2 Å². The number of carbonyl (C=O) groups is 2. The Labute approximate surface area is 162 Å². The van der Waals surface area contributed by atoms with Crippen molar-refractivity contribution in [1.29, 1.82) is 0 Å². The molecule has 5 nitrogen and oxygen atoms in total. The van der Waals surface area contributed by atoms with Gasteiger partial charge in [-0.15, -0.1) is 0 Å². The van der Waals surface area contributed by atoms with E-state index < -0.39 is 23.6 Å². The molecule has 27 heavy (non-hydrogen) atoms. The van der Waals surface area contributed by atoms with Crippen molar-refractivity contribution >= 4 is 44.8 Å². The monoisotopic (exact) mass is 443 g/mol. The predicted octanol–water partition coefficient (Wildman–Crippen LogP) is 4.79. The molecule has 0 aromatic heterocycles. The third-order valence-corrected chi connectivity index (χ3v) is 4.04. The van der Waals surface area contributed by atoms with Crippen molar-refractivity contribution in [3.63, 3.8) is 0 Å². The van der Waals surface area contributed by atoms with Crippen LogP contribution in [0.5, 0.6) is 0 Å². The molecule has 0 radical (unpaired) electrons. The van der Waals surface area contributed by atoms with E-state index in [4.69, 9.17) is 0 Å². The van der Waals surface area contributed by atoms with E-state index in [1.807, 2.05) is 6.07 Å². The van der Waals surface area contributed by atoms with Gasteiger partial charge in [0.2, 0.25) is 11.8 Å². The Morgan fingerprint density at radius 2 is 1.70 bits per heavy atom. The number of nitrogens with one attached hydrogen (secondary N) is 3. The molecule has 0 aliphatic heterocycles. The van der Waals surface area contributed by atoms with Crippen molar-refractivity contribution in [2.75, 3.05) is 22.5 Å². The maximum atomic E-state index is 13.3. The van der Waals surface area contributed by atoms with E-state index in [0.717, 1.165) is 16.1 Å². The molecule has 0 aliphatic rings. The van der Waals surface area contributed by atoms with Gasteiger partial charge in [-0.3, -0.25) is 9.59 Å². The summed E-state index contributed by atoms with van der Waals surface area (Å²) in [5.74, 6) is -0.965. The Morgan fingerprint density at radius 3 is 2.30 bits per heavy atom. The van der Waals surface area contributed by atoms with Gasteiger partial charge in [-0.25, -0.2) is 0 Å². The van der Waals surface area contributed by atoms with Crippen molar-refractivity contribution in [3.8, 4) is 0 Å². The summed E-state index contributed by atoms with van der Waals surface area (Å²) >= 11 is 3.31. The van der Waals surface area contributed by atoms with Crippen molar-refractivity contribution in [2.24, 2.45) is 0 Å². The van der Waals surface area contributed by atoms with Gasteiger partial charge in [-0.2, -0.15) is 13.2 Å². The molecule has 144 valence electrons. The molecule has 0 saturated carbocycles. The lowest BCUT2D eigenvalue weighted by atomic mass is 10.1. The van der Waals surface area contributed by atoms with Crippen LogP contribution >= 0.6 is 15.9 Å². The number of alkyl halides is 3. The maximum Gasteiger partial charge on any atom is 0.418 e. The van der Waals surface area contributed by atoms with Gasteiger partial charge >= 0.3 is 6.18 Å². The smallest absolute Gasteiger partial charge is 0.376 e. The van der Waals surface area contributed by atoms with Crippen molar-refractivity contribution in [3.05, 3.63) is 52.0 Å². The average molecular weight is 444 g/mol. The second-order valence-corrected chi connectivity index (χ2v) is 6.72. The fraction of sp³-hybridized carbons (Fsp3) is 0.222. The van der Waals surface area contributed by atoms with Gasteiger partial charge in [0.1, 0.15) is 0 Å². The lowest BCUT2D eigenvalue weighted by molar-refractivity contribution is -0.137. The molecule has 0 bridgehead atoms. The fourth-order valence-corrected chi connectivity index (χ4v) is 2.83. The fourth-order valence-electron chi connectivity index (χ4n) is 2.35. The molecule has 0 unspecified atom stereocenters. The van der Waals surface area contributed by atoms with E-state index in [2.05, 4.69) is 31.9 Å². The minimum Gasteiger partial charge on any atom is -0.376 e. The molecule has 2 amide bonds. The summed E-state index contributed by atoms with van der Waals surface area (Å²) < 4.78 is 40.7. The first-order valence-electron chi connectivity index (χ1n) is 7.85. The first-order valence-corrected chi connectivity index (χ1v) is 8.64. The summed E-state index contributed by atoms with van der Waals surface area (Å²) in [6, 6.07) is 8.58. The lowest BCUT2D eigenvalue weighted by Crippen LogP contribution is -2.23. The molecule has 0 fully saturated rings. The van der Waals surface area contributed by atoms with E-state index >= 15 is 0 Å². The maximum absolute atomic E-state index is 13.3. The van der Waals surface area contributed by atoms with Gasteiger partial charge < -0.3 is 16.0 Å². The quantitative estimate of drug-likeness (QED) is 0.622. The van der Waals surface area contributed by atoms with Crippen LogP contribution in [0.2, 0.25) is 0 Å². The normalized spacial score (nSPS) is 11.0. The predicted molar refractivity (Wildman–Crippen MR) is 102 cm³/mol. The highest BCUT2D eigenvalue weighted by atomic mass is 79.9. The average Bonchev–Trinajstić information content (AvgIpc) is 2.55. The van der Waals surface area contributed by atoms with E-state index in [-0.39, 0.29) is 17.9 Å². The van der Waals surface area contributed by atoms with Gasteiger partial charge in [0.25, 0.3) is 0 Å². The molecule has 9 heteroatoms. The van der Waals surface area contributed by atoms with Crippen LogP contribution in [0.3, 0.4) is 0 Å². The molecule has 2 aromatic carbocycles. The summed E-state index contributed by atoms with van der Waals surface area (Å²) in [5.41, 5.74) is 0.186. The first kappa shape index (κ1) is 20.8. The zero-order chi connectivity index (χ0) is 20.2. The minimum atomic E-state index is -4.64. The SMILES string of the molecule is CC(=O)Nc1ccc(NCC(=O)Nc2ccc(Br)cc2C)c(C(F)(F)F)c1. The summed E-state index contributed by atoms with van der Waals surface area (Å²) in [6.07, 6.45) is -4.64. The molecular formula is C18H17BrF3N3O2. The van der Waals surface area contributed by atoms with Gasteiger partial charge in [0.15, 0.2) is 0 Å². The zero-order valence-electron chi connectivity index (χ0n) is 14.5. The molecule has 3 N–H and O–H groups in total. The van der Waals surface area contributed by atoms with Crippen LogP contribution in [0.4, 0.5) is 30.2 Å². The largest absolute Gasteiger partial charge is 0.418 e. The molecule has 0 atom stereocenters. The third-order valence-electron chi connectivity index (χ3n) is 3.55. The van der Waals surface area contributed by atoms with Crippen LogP contribution in [0.25, 0.3) is 0 Å². The Balaban J connectivity index is 2.11. The second kappa shape index (κ2) is 8.43. The van der Waals surface area contributed by atoms with E-state index in [0.29, 0.717) is 5.69 Å². The highest BCUT2D eigenvalue weighted by molar-refractivity contribution is 9.10. The molecule has 2 aromatic rings. The van der Waals surface area contributed by atoms with Gasteiger partial charge in [-0.05, 0) is 48.9 Å². The number of amides is 2. The van der Waals surface area contributed by atoms with Gasteiger partial charge in [0.05, 0.1) is 12.1 Å². The van der Waals surface area contributed by atoms with E-state index in [9.17, 15) is 22.8 Å². The van der Waals surface area contributed by atoms with Crippen LogP contribution in [0.1, 0.15) is 18.1 Å². The van der Waals surface area contributed by atoms with E-state index in [1.165, 1.54) is 19.1 Å². The summed E-state index contributed by atoms with van der Waals surface area (Å²) in [5, 5.41) is 7.44. The van der Waals surface area contributed by atoms with Crippen LogP contribution in [0, 0.1) is 6.92 Å². The number of hydrogen-bond acceptors (Lipinski definition) is 3. The third kappa shape index (κ3) is 5.99. The number of benzene rings is 2. The summed E-state index contributed by atoms with van der Waals surface area (Å²) in [7, 11) is 0.